The first-order valence-corrected chi connectivity index (χ1v) is 22.0. The van der Waals surface area contributed by atoms with Gasteiger partial charge in [-0.3, -0.25) is 0 Å². The fourth-order valence-corrected chi connectivity index (χ4v) is 6.41. The second-order valence-electron chi connectivity index (χ2n) is 15.0. The molecule has 326 valence electrons. The van der Waals surface area contributed by atoms with Crippen LogP contribution in [-0.4, -0.2) is 44.6 Å². The molecule has 2 unspecified atom stereocenters. The smallest absolute Gasteiger partial charge is 0.335 e. The van der Waals surface area contributed by atoms with Crippen molar-refractivity contribution < 1.29 is 64.0 Å². The van der Waals surface area contributed by atoms with E-state index in [4.69, 9.17) is 20.4 Å². The maximum atomic E-state index is 9.77. The van der Waals surface area contributed by atoms with E-state index < -0.39 is 24.1 Å². The van der Waals surface area contributed by atoms with Gasteiger partial charge in [-0.2, -0.15) is 0 Å². The Kier molecular flexibility index (Phi) is 47.1. The predicted molar refractivity (Wildman–Crippen MR) is 221 cm³/mol. The number of pyridine rings is 2. The molecule has 0 saturated heterocycles. The van der Waals surface area contributed by atoms with E-state index in [1.807, 2.05) is 0 Å². The highest BCUT2D eigenvalue weighted by molar-refractivity contribution is 5.83. The topological polar surface area (TPSA) is 123 Å². The Morgan fingerprint density at radius 1 is 0.375 bits per heavy atom. The number of hydrogen-bond acceptors (Lipinski definition) is 4. The minimum absolute atomic E-state index is 0. The average molecular weight is 830 g/mol. The van der Waals surface area contributed by atoms with Crippen molar-refractivity contribution in [2.45, 2.75) is 219 Å². The molecule has 10 heteroatoms. The van der Waals surface area contributed by atoms with E-state index >= 15 is 0 Å². The molecule has 0 aliphatic rings. The Hall–Kier alpha value is -2.26. The van der Waals surface area contributed by atoms with E-state index in [1.165, 1.54) is 193 Å². The molecule has 56 heavy (non-hydrogen) atoms. The number of unbranched alkanes of at least 4 members (excludes halogenated alkanes) is 26. The van der Waals surface area contributed by atoms with Gasteiger partial charge in [-0.1, -0.05) is 180 Å². The van der Waals surface area contributed by atoms with Gasteiger partial charge in [-0.05, 0) is 12.8 Å². The van der Waals surface area contributed by atoms with Crippen LogP contribution in [0.1, 0.15) is 194 Å². The molecule has 2 rings (SSSR count). The first-order valence-electron chi connectivity index (χ1n) is 22.0. The quantitative estimate of drug-likeness (QED) is 0.0607. The SMILES string of the molecule is CCCCCCCCCCCCCCCC[n+]1ccccc1.CCCCCCCCCCCCCCCC[n+]1ccccc1.O=C(O)C(O)C(O)C(=O)O.[Cl-].[Cl-]. The Morgan fingerprint density at radius 2 is 0.571 bits per heavy atom. The third kappa shape index (κ3) is 40.0. The second kappa shape index (κ2) is 45.4. The van der Waals surface area contributed by atoms with Crippen LogP contribution in [0.15, 0.2) is 61.2 Å². The first kappa shape index (κ1) is 58.1. The van der Waals surface area contributed by atoms with E-state index in [0.717, 1.165) is 0 Å². The summed E-state index contributed by atoms with van der Waals surface area (Å²) in [7, 11) is 0. The van der Waals surface area contributed by atoms with E-state index in [2.05, 4.69) is 84.2 Å². The largest absolute Gasteiger partial charge is 1.00 e. The van der Waals surface area contributed by atoms with Gasteiger partial charge in [-0.25, -0.2) is 18.7 Å². The van der Waals surface area contributed by atoms with Gasteiger partial charge >= 0.3 is 11.9 Å². The highest BCUT2D eigenvalue weighted by atomic mass is 35.5. The van der Waals surface area contributed by atoms with Crippen LogP contribution in [0, 0.1) is 0 Å². The van der Waals surface area contributed by atoms with Crippen molar-refractivity contribution in [2.75, 3.05) is 0 Å². The molecule has 4 N–H and O–H groups in total. The van der Waals surface area contributed by atoms with Crippen LogP contribution in [0.25, 0.3) is 0 Å². The average Bonchev–Trinajstić information content (AvgIpc) is 3.18. The monoisotopic (exact) mass is 829 g/mol. The summed E-state index contributed by atoms with van der Waals surface area (Å²) in [6, 6.07) is 12.6. The molecule has 0 fully saturated rings. The summed E-state index contributed by atoms with van der Waals surface area (Å²) in [5, 5.41) is 32.5. The van der Waals surface area contributed by atoms with Crippen LogP contribution in [0.2, 0.25) is 0 Å². The maximum Gasteiger partial charge on any atom is 0.335 e. The molecule has 2 heterocycles. The third-order valence-corrected chi connectivity index (χ3v) is 9.90. The highest BCUT2D eigenvalue weighted by Gasteiger charge is 2.29. The molecule has 0 radical (unpaired) electrons. The van der Waals surface area contributed by atoms with Gasteiger partial charge in [0.1, 0.15) is 13.1 Å². The van der Waals surface area contributed by atoms with Crippen molar-refractivity contribution in [1.82, 2.24) is 0 Å². The zero-order valence-corrected chi connectivity index (χ0v) is 36.9. The van der Waals surface area contributed by atoms with Gasteiger partial charge in [0.05, 0.1) is 0 Å². The van der Waals surface area contributed by atoms with Crippen LogP contribution in [0.4, 0.5) is 0 Å². The number of hydrogen-bond donors (Lipinski definition) is 4. The molecule has 0 saturated carbocycles. The fraction of sp³-hybridized carbons (Fsp3) is 0.739. The van der Waals surface area contributed by atoms with Crippen LogP contribution in [0.3, 0.4) is 0 Å². The van der Waals surface area contributed by atoms with Gasteiger partial charge in [0.25, 0.3) is 0 Å². The Labute approximate surface area is 354 Å². The fourth-order valence-electron chi connectivity index (χ4n) is 6.41. The Morgan fingerprint density at radius 3 is 0.768 bits per heavy atom. The molecule has 2 atom stereocenters. The predicted octanol–water partition coefficient (Wildman–Crippen LogP) is 4.80. The lowest BCUT2D eigenvalue weighted by atomic mass is 10.0. The van der Waals surface area contributed by atoms with Gasteiger partial charge in [0.2, 0.25) is 0 Å². The summed E-state index contributed by atoms with van der Waals surface area (Å²) >= 11 is 0. The molecular formula is C46H82Cl2N2O6. The van der Waals surface area contributed by atoms with Crippen molar-refractivity contribution >= 4 is 11.9 Å². The zero-order chi connectivity index (χ0) is 39.7. The van der Waals surface area contributed by atoms with Crippen LogP contribution >= 0.6 is 0 Å². The summed E-state index contributed by atoms with van der Waals surface area (Å²) in [4.78, 5) is 19.5. The van der Waals surface area contributed by atoms with Gasteiger partial charge < -0.3 is 45.2 Å². The van der Waals surface area contributed by atoms with Crippen LogP contribution in [-0.2, 0) is 22.7 Å². The number of aromatic nitrogens is 2. The van der Waals surface area contributed by atoms with Crippen LogP contribution < -0.4 is 33.9 Å². The minimum Gasteiger partial charge on any atom is -1.00 e. The number of carbonyl (C=O) groups is 2. The van der Waals surface area contributed by atoms with Gasteiger partial charge in [0.15, 0.2) is 37.0 Å². The number of aryl methyl sites for hydroxylation is 2. The molecule has 2 aromatic heterocycles. The molecule has 8 nitrogen and oxygen atoms in total. The summed E-state index contributed by atoms with van der Waals surface area (Å²) < 4.78 is 4.58. The van der Waals surface area contributed by atoms with Crippen molar-refractivity contribution in [1.29, 1.82) is 0 Å². The lowest BCUT2D eigenvalue weighted by molar-refractivity contribution is -0.697. The lowest BCUT2D eigenvalue weighted by Crippen LogP contribution is -3.00. The summed E-state index contributed by atoms with van der Waals surface area (Å²) in [6.07, 6.45) is 44.3. The standard InChI is InChI=1S/2C21H38N.C4H6O6.2ClH/c2*1-2-3-4-5-6-7-8-9-10-11-12-13-14-16-19-22-20-17-15-18-21-22;5-1(3(7)8)2(6)4(9)10;;/h2*15,17-18,20-21H,2-14,16,19H2,1H3;1-2,5-6H,(H,7,8)(H,9,10);2*1H/q2*+1;;;/p-2. The summed E-state index contributed by atoms with van der Waals surface area (Å²) in [5.74, 6) is -3.54. The number of aliphatic carboxylic acids is 2. The first-order chi connectivity index (χ1) is 26.3. The maximum absolute atomic E-state index is 9.77. The number of carboxylic acids is 2. The highest BCUT2D eigenvalue weighted by Crippen LogP contribution is 2.14. The Bertz CT molecular complexity index is 998. The number of aliphatic hydroxyl groups is 2. The van der Waals surface area contributed by atoms with E-state index in [-0.39, 0.29) is 24.8 Å². The number of halogens is 2. The molecule has 0 bridgehead atoms. The van der Waals surface area contributed by atoms with Gasteiger partial charge in [0, 0.05) is 37.1 Å². The second-order valence-corrected chi connectivity index (χ2v) is 15.0. The van der Waals surface area contributed by atoms with E-state index in [0.29, 0.717) is 0 Å². The van der Waals surface area contributed by atoms with E-state index in [1.54, 1.807) is 0 Å². The third-order valence-electron chi connectivity index (χ3n) is 9.90. The van der Waals surface area contributed by atoms with Crippen molar-refractivity contribution in [3.05, 3.63) is 61.2 Å². The molecule has 0 amide bonds. The Balaban J connectivity index is -0.000000790. The molecule has 0 aliphatic heterocycles. The molecule has 2 aromatic rings. The number of rotatable bonds is 33. The van der Waals surface area contributed by atoms with Crippen LogP contribution in [0.5, 0.6) is 0 Å². The van der Waals surface area contributed by atoms with Crippen molar-refractivity contribution in [2.24, 2.45) is 0 Å². The summed E-state index contributed by atoms with van der Waals surface area (Å²) in [5.41, 5.74) is 0. The summed E-state index contributed by atoms with van der Waals surface area (Å²) in [6.45, 7) is 6.94. The number of aliphatic hydroxyl groups excluding tert-OH is 2. The zero-order valence-electron chi connectivity index (χ0n) is 35.4. The molecule has 0 aliphatic carbocycles. The normalized spacial score (nSPS) is 11.4. The molecular weight excluding hydrogens is 747 g/mol. The van der Waals surface area contributed by atoms with E-state index in [9.17, 15) is 9.59 Å². The minimum atomic E-state index is -2.27. The number of nitrogens with zero attached hydrogens (tertiary/aromatic N) is 2. The lowest BCUT2D eigenvalue weighted by Gasteiger charge is -2.07. The van der Waals surface area contributed by atoms with Gasteiger partial charge in [-0.15, -0.1) is 0 Å². The van der Waals surface area contributed by atoms with Crippen molar-refractivity contribution in [3.8, 4) is 0 Å². The van der Waals surface area contributed by atoms with Crippen molar-refractivity contribution in [3.63, 3.8) is 0 Å². The molecule has 0 aromatic carbocycles. The molecule has 0 spiro atoms. The number of carboxylic acid groups (broad SMARTS) is 2.